The summed E-state index contributed by atoms with van der Waals surface area (Å²) < 4.78 is 11.4. The van der Waals surface area contributed by atoms with Crippen molar-refractivity contribution in [3.63, 3.8) is 0 Å². The van der Waals surface area contributed by atoms with E-state index >= 15 is 0 Å². The maximum absolute atomic E-state index is 12.3. The molecule has 0 unspecified atom stereocenters. The van der Waals surface area contributed by atoms with Crippen LogP contribution in [0.2, 0.25) is 5.02 Å². The second kappa shape index (κ2) is 9.99. The fourth-order valence-electron chi connectivity index (χ4n) is 2.72. The van der Waals surface area contributed by atoms with Crippen LogP contribution in [0.15, 0.2) is 66.7 Å². The van der Waals surface area contributed by atoms with Crippen LogP contribution in [-0.4, -0.2) is 19.1 Å². The minimum absolute atomic E-state index is 0.147. The fraction of sp³-hybridized carbons (Fsp3) is 0.208. The molecule has 5 heteroatoms. The smallest absolute Gasteiger partial charge is 0.251 e. The van der Waals surface area contributed by atoms with E-state index in [1.807, 2.05) is 49.4 Å². The van der Waals surface area contributed by atoms with Crippen LogP contribution in [0.4, 0.5) is 0 Å². The summed E-state index contributed by atoms with van der Waals surface area (Å²) in [7, 11) is 0. The van der Waals surface area contributed by atoms with Gasteiger partial charge in [0.1, 0.15) is 24.7 Å². The molecule has 0 fully saturated rings. The first-order valence-electron chi connectivity index (χ1n) is 9.47. The van der Waals surface area contributed by atoms with Crippen molar-refractivity contribution < 1.29 is 14.3 Å². The molecule has 4 nitrogen and oxygen atoms in total. The molecule has 0 aromatic heterocycles. The highest BCUT2D eigenvalue weighted by atomic mass is 35.5. The van der Waals surface area contributed by atoms with E-state index in [1.165, 1.54) is 11.1 Å². The van der Waals surface area contributed by atoms with Gasteiger partial charge >= 0.3 is 0 Å². The standard InChI is InChI=1S/C24H24ClNO3/c1-17-7-10-22(15-18(17)2)28-14-13-26-24(27)19-8-11-21(12-9-19)29-16-20-5-3-4-6-23(20)25/h3-12,15H,13-14,16H2,1-2H3,(H,26,27). The van der Waals surface area contributed by atoms with Gasteiger partial charge in [0.2, 0.25) is 0 Å². The van der Waals surface area contributed by atoms with Gasteiger partial charge in [-0.05, 0) is 67.4 Å². The van der Waals surface area contributed by atoms with Crippen LogP contribution in [0.5, 0.6) is 11.5 Å². The molecule has 3 aromatic rings. The molecular formula is C24H24ClNO3. The molecule has 0 aliphatic heterocycles. The van der Waals surface area contributed by atoms with E-state index in [0.29, 0.717) is 36.1 Å². The van der Waals surface area contributed by atoms with Gasteiger partial charge in [-0.25, -0.2) is 0 Å². The minimum Gasteiger partial charge on any atom is -0.492 e. The predicted molar refractivity (Wildman–Crippen MR) is 116 cm³/mol. The highest BCUT2D eigenvalue weighted by Gasteiger charge is 2.06. The Balaban J connectivity index is 1.43. The second-order valence-corrected chi connectivity index (χ2v) is 7.16. The van der Waals surface area contributed by atoms with E-state index in [9.17, 15) is 4.79 Å². The predicted octanol–water partition coefficient (Wildman–Crippen LogP) is 5.34. The molecule has 0 radical (unpaired) electrons. The number of hydrogen-bond donors (Lipinski definition) is 1. The Morgan fingerprint density at radius 3 is 2.34 bits per heavy atom. The highest BCUT2D eigenvalue weighted by molar-refractivity contribution is 6.31. The minimum atomic E-state index is -0.147. The summed E-state index contributed by atoms with van der Waals surface area (Å²) >= 11 is 6.13. The van der Waals surface area contributed by atoms with Gasteiger partial charge in [-0.2, -0.15) is 0 Å². The molecule has 150 valence electrons. The molecule has 0 atom stereocenters. The van der Waals surface area contributed by atoms with E-state index in [-0.39, 0.29) is 5.91 Å². The van der Waals surface area contributed by atoms with Crippen LogP contribution in [-0.2, 0) is 6.61 Å². The van der Waals surface area contributed by atoms with Crippen molar-refractivity contribution in [2.75, 3.05) is 13.2 Å². The average Bonchev–Trinajstić information content (AvgIpc) is 2.73. The van der Waals surface area contributed by atoms with E-state index in [0.717, 1.165) is 11.3 Å². The van der Waals surface area contributed by atoms with Crippen molar-refractivity contribution in [1.29, 1.82) is 0 Å². The monoisotopic (exact) mass is 409 g/mol. The third-order valence-corrected chi connectivity index (χ3v) is 4.97. The molecule has 0 aliphatic rings. The third kappa shape index (κ3) is 6.00. The van der Waals surface area contributed by atoms with E-state index in [1.54, 1.807) is 24.3 Å². The van der Waals surface area contributed by atoms with Crippen LogP contribution in [0.1, 0.15) is 27.0 Å². The zero-order chi connectivity index (χ0) is 20.6. The maximum Gasteiger partial charge on any atom is 0.251 e. The normalized spacial score (nSPS) is 10.4. The summed E-state index contributed by atoms with van der Waals surface area (Å²) in [6.07, 6.45) is 0. The number of carbonyl (C=O) groups excluding carboxylic acids is 1. The van der Waals surface area contributed by atoms with Crippen molar-refractivity contribution in [3.8, 4) is 11.5 Å². The molecule has 1 amide bonds. The summed E-state index contributed by atoms with van der Waals surface area (Å²) in [5.41, 5.74) is 3.90. The summed E-state index contributed by atoms with van der Waals surface area (Å²) in [5, 5.41) is 3.53. The molecule has 3 rings (SSSR count). The third-order valence-electron chi connectivity index (χ3n) is 4.60. The summed E-state index contributed by atoms with van der Waals surface area (Å²) in [4.78, 5) is 12.3. The average molecular weight is 410 g/mol. The lowest BCUT2D eigenvalue weighted by molar-refractivity contribution is 0.0947. The Morgan fingerprint density at radius 1 is 0.897 bits per heavy atom. The molecule has 0 spiro atoms. The summed E-state index contributed by atoms with van der Waals surface area (Å²) in [6.45, 7) is 5.32. The molecule has 0 heterocycles. The SMILES string of the molecule is Cc1ccc(OCCNC(=O)c2ccc(OCc3ccccc3Cl)cc2)cc1C. The number of halogens is 1. The zero-order valence-corrected chi connectivity index (χ0v) is 17.3. The number of ether oxygens (including phenoxy) is 2. The molecule has 3 aromatic carbocycles. The van der Waals surface area contributed by atoms with Crippen LogP contribution >= 0.6 is 11.6 Å². The van der Waals surface area contributed by atoms with Gasteiger partial charge in [-0.15, -0.1) is 0 Å². The van der Waals surface area contributed by atoms with Gasteiger partial charge in [-0.3, -0.25) is 4.79 Å². The number of rotatable bonds is 8. The lowest BCUT2D eigenvalue weighted by atomic mass is 10.1. The number of benzene rings is 3. The molecule has 0 bridgehead atoms. The van der Waals surface area contributed by atoms with Crippen molar-refractivity contribution in [3.05, 3.63) is 94.0 Å². The fourth-order valence-corrected chi connectivity index (χ4v) is 2.91. The Labute approximate surface area is 176 Å². The van der Waals surface area contributed by atoms with Crippen molar-refractivity contribution in [1.82, 2.24) is 5.32 Å². The molecule has 1 N–H and O–H groups in total. The zero-order valence-electron chi connectivity index (χ0n) is 16.6. The molecular weight excluding hydrogens is 386 g/mol. The largest absolute Gasteiger partial charge is 0.492 e. The molecule has 0 aliphatic carbocycles. The van der Waals surface area contributed by atoms with E-state index in [4.69, 9.17) is 21.1 Å². The van der Waals surface area contributed by atoms with Gasteiger partial charge in [0.25, 0.3) is 5.91 Å². The number of hydrogen-bond acceptors (Lipinski definition) is 3. The van der Waals surface area contributed by atoms with Crippen LogP contribution < -0.4 is 14.8 Å². The maximum atomic E-state index is 12.3. The Bertz CT molecular complexity index is 970. The Hall–Kier alpha value is -2.98. The van der Waals surface area contributed by atoms with Crippen LogP contribution in [0.3, 0.4) is 0 Å². The van der Waals surface area contributed by atoms with Crippen molar-refractivity contribution in [2.45, 2.75) is 20.5 Å². The first kappa shape index (κ1) is 20.7. The van der Waals surface area contributed by atoms with Crippen LogP contribution in [0.25, 0.3) is 0 Å². The van der Waals surface area contributed by atoms with Gasteiger partial charge in [0.15, 0.2) is 0 Å². The van der Waals surface area contributed by atoms with Gasteiger partial charge in [0.05, 0.1) is 6.54 Å². The van der Waals surface area contributed by atoms with Gasteiger partial charge in [-0.1, -0.05) is 35.9 Å². The Kier molecular flexibility index (Phi) is 7.14. The highest BCUT2D eigenvalue weighted by Crippen LogP contribution is 2.19. The summed E-state index contributed by atoms with van der Waals surface area (Å²) in [6, 6.07) is 20.5. The Morgan fingerprint density at radius 2 is 1.62 bits per heavy atom. The van der Waals surface area contributed by atoms with Gasteiger partial charge < -0.3 is 14.8 Å². The van der Waals surface area contributed by atoms with Crippen molar-refractivity contribution in [2.24, 2.45) is 0 Å². The molecule has 0 saturated heterocycles. The number of aryl methyl sites for hydroxylation is 2. The van der Waals surface area contributed by atoms with E-state index < -0.39 is 0 Å². The van der Waals surface area contributed by atoms with Gasteiger partial charge in [0, 0.05) is 16.1 Å². The lowest BCUT2D eigenvalue weighted by Crippen LogP contribution is -2.28. The number of nitrogens with one attached hydrogen (secondary N) is 1. The quantitative estimate of drug-likeness (QED) is 0.510. The van der Waals surface area contributed by atoms with E-state index in [2.05, 4.69) is 12.2 Å². The second-order valence-electron chi connectivity index (χ2n) is 6.75. The molecule has 0 saturated carbocycles. The first-order valence-corrected chi connectivity index (χ1v) is 9.85. The molecule has 29 heavy (non-hydrogen) atoms. The first-order chi connectivity index (χ1) is 14.0. The number of carbonyl (C=O) groups is 1. The summed E-state index contributed by atoms with van der Waals surface area (Å²) in [5.74, 6) is 1.34. The van der Waals surface area contributed by atoms with Crippen LogP contribution in [0, 0.1) is 13.8 Å². The number of amides is 1. The topological polar surface area (TPSA) is 47.6 Å². The van der Waals surface area contributed by atoms with Crippen molar-refractivity contribution >= 4 is 17.5 Å². The lowest BCUT2D eigenvalue weighted by Gasteiger charge is -2.10.